The van der Waals surface area contributed by atoms with Crippen LogP contribution in [0.5, 0.6) is 0 Å². The molecule has 0 saturated carbocycles. The van der Waals surface area contributed by atoms with E-state index in [0.717, 1.165) is 30.1 Å². The number of hydrogen-bond donors (Lipinski definition) is 2. The Bertz CT molecular complexity index is 1240. The minimum atomic E-state index is -0.939. The molecule has 0 aliphatic heterocycles. The van der Waals surface area contributed by atoms with Crippen molar-refractivity contribution in [2.45, 2.75) is 25.2 Å². The number of aromatic carboxylic acids is 1. The summed E-state index contributed by atoms with van der Waals surface area (Å²) in [6, 6.07) is 15.6. The third-order valence-electron chi connectivity index (χ3n) is 5.01. The van der Waals surface area contributed by atoms with Gasteiger partial charge in [-0.2, -0.15) is 0 Å². The number of carboxylic acids is 1. The van der Waals surface area contributed by atoms with Crippen LogP contribution in [0.4, 0.5) is 5.82 Å². The van der Waals surface area contributed by atoms with Crippen LogP contribution >= 0.6 is 23.1 Å². The standard InChI is InChI=1S/C24H23N3O2S2/c1-3-30-22-18(8-6-9-19(22)24(28)29)23-26-14-12-21(27-23)25-13-11-16-15(2)31-20-10-5-4-7-17(16)20/h4-10,12,14H,3,11,13H2,1-2H3,(H,28,29)(H,25,26,27). The van der Waals surface area contributed by atoms with Crippen LogP contribution in [0.2, 0.25) is 0 Å². The van der Waals surface area contributed by atoms with Gasteiger partial charge in [-0.05, 0) is 48.2 Å². The maximum atomic E-state index is 11.7. The van der Waals surface area contributed by atoms with Crippen LogP contribution in [0.1, 0.15) is 27.7 Å². The van der Waals surface area contributed by atoms with Gasteiger partial charge in [0.25, 0.3) is 0 Å². The van der Waals surface area contributed by atoms with Crippen LogP contribution in [0, 0.1) is 6.92 Å². The van der Waals surface area contributed by atoms with E-state index in [1.54, 1.807) is 18.3 Å². The zero-order valence-corrected chi connectivity index (χ0v) is 19.0. The highest BCUT2D eigenvalue weighted by Gasteiger charge is 2.17. The fourth-order valence-electron chi connectivity index (χ4n) is 3.62. The van der Waals surface area contributed by atoms with Gasteiger partial charge in [0.1, 0.15) is 5.82 Å². The molecule has 0 fully saturated rings. The summed E-state index contributed by atoms with van der Waals surface area (Å²) < 4.78 is 1.32. The van der Waals surface area contributed by atoms with Crippen LogP contribution in [0.15, 0.2) is 59.6 Å². The number of carboxylic acid groups (broad SMARTS) is 1. The molecule has 158 valence electrons. The predicted molar refractivity (Wildman–Crippen MR) is 130 cm³/mol. The first-order valence-corrected chi connectivity index (χ1v) is 11.9. The average molecular weight is 450 g/mol. The lowest BCUT2D eigenvalue weighted by molar-refractivity contribution is 0.0693. The molecule has 5 nitrogen and oxygen atoms in total. The summed E-state index contributed by atoms with van der Waals surface area (Å²) in [5, 5.41) is 14.3. The first kappa shape index (κ1) is 21.3. The smallest absolute Gasteiger partial charge is 0.336 e. The first-order chi connectivity index (χ1) is 15.1. The molecule has 0 saturated heterocycles. The second-order valence-electron chi connectivity index (χ2n) is 7.00. The summed E-state index contributed by atoms with van der Waals surface area (Å²) in [6.07, 6.45) is 2.62. The number of nitrogens with one attached hydrogen (secondary N) is 1. The summed E-state index contributed by atoms with van der Waals surface area (Å²) in [6.45, 7) is 4.93. The Balaban J connectivity index is 1.55. The van der Waals surface area contributed by atoms with Crippen molar-refractivity contribution in [1.29, 1.82) is 0 Å². The molecule has 0 aliphatic carbocycles. The van der Waals surface area contributed by atoms with Gasteiger partial charge in [0.15, 0.2) is 5.82 Å². The number of rotatable bonds is 8. The van der Waals surface area contributed by atoms with Crippen molar-refractivity contribution < 1.29 is 9.90 Å². The van der Waals surface area contributed by atoms with Crippen LogP contribution in [0.3, 0.4) is 0 Å². The highest BCUT2D eigenvalue weighted by atomic mass is 32.2. The van der Waals surface area contributed by atoms with E-state index in [-0.39, 0.29) is 5.56 Å². The van der Waals surface area contributed by atoms with Crippen molar-refractivity contribution in [2.24, 2.45) is 0 Å². The number of aryl methyl sites for hydroxylation is 1. The lowest BCUT2D eigenvalue weighted by atomic mass is 10.1. The predicted octanol–water partition coefficient (Wildman–Crippen LogP) is 6.13. The van der Waals surface area contributed by atoms with E-state index < -0.39 is 5.97 Å². The number of nitrogens with zero attached hydrogens (tertiary/aromatic N) is 2. The van der Waals surface area contributed by atoms with E-state index in [9.17, 15) is 9.90 Å². The molecule has 31 heavy (non-hydrogen) atoms. The van der Waals surface area contributed by atoms with E-state index in [0.29, 0.717) is 10.7 Å². The molecule has 4 rings (SSSR count). The van der Waals surface area contributed by atoms with Crippen molar-refractivity contribution in [2.75, 3.05) is 17.6 Å². The molecule has 2 aromatic heterocycles. The van der Waals surface area contributed by atoms with Crippen LogP contribution in [-0.2, 0) is 6.42 Å². The molecule has 0 aliphatic rings. The molecule has 2 N–H and O–H groups in total. The number of benzene rings is 2. The fourth-order valence-corrected chi connectivity index (χ4v) is 5.64. The van der Waals surface area contributed by atoms with Crippen LogP contribution in [0.25, 0.3) is 21.5 Å². The number of thioether (sulfide) groups is 1. The second kappa shape index (κ2) is 9.49. The topological polar surface area (TPSA) is 75.1 Å². The lowest BCUT2D eigenvalue weighted by Crippen LogP contribution is -2.08. The van der Waals surface area contributed by atoms with Crippen molar-refractivity contribution >= 4 is 45.0 Å². The summed E-state index contributed by atoms with van der Waals surface area (Å²) in [5.74, 6) is 1.09. The van der Waals surface area contributed by atoms with Gasteiger partial charge >= 0.3 is 5.97 Å². The Hall–Kier alpha value is -2.90. The highest BCUT2D eigenvalue weighted by molar-refractivity contribution is 7.99. The molecule has 4 aromatic rings. The van der Waals surface area contributed by atoms with Gasteiger partial charge in [0.05, 0.1) is 5.56 Å². The monoisotopic (exact) mass is 449 g/mol. The Morgan fingerprint density at radius 2 is 2.00 bits per heavy atom. The van der Waals surface area contributed by atoms with Gasteiger partial charge < -0.3 is 10.4 Å². The van der Waals surface area contributed by atoms with Gasteiger partial charge in [-0.3, -0.25) is 0 Å². The van der Waals surface area contributed by atoms with E-state index in [2.05, 4.69) is 46.5 Å². The van der Waals surface area contributed by atoms with E-state index >= 15 is 0 Å². The maximum absolute atomic E-state index is 11.7. The minimum Gasteiger partial charge on any atom is -0.478 e. The fraction of sp³-hybridized carbons (Fsp3) is 0.208. The number of thiophene rings is 1. The molecular weight excluding hydrogens is 426 g/mol. The Morgan fingerprint density at radius 1 is 1.16 bits per heavy atom. The Morgan fingerprint density at radius 3 is 2.81 bits per heavy atom. The summed E-state index contributed by atoms with van der Waals surface area (Å²) >= 11 is 3.33. The van der Waals surface area contributed by atoms with Crippen LogP contribution in [-0.4, -0.2) is 33.3 Å². The Labute approximate surface area is 189 Å². The molecule has 0 atom stereocenters. The van der Waals surface area contributed by atoms with Crippen molar-refractivity contribution in [3.63, 3.8) is 0 Å². The molecular formula is C24H23N3O2S2. The highest BCUT2D eigenvalue weighted by Crippen LogP contribution is 2.33. The summed E-state index contributed by atoms with van der Waals surface area (Å²) in [7, 11) is 0. The number of hydrogen-bond acceptors (Lipinski definition) is 6. The van der Waals surface area contributed by atoms with Crippen molar-refractivity contribution in [1.82, 2.24) is 9.97 Å². The van der Waals surface area contributed by atoms with Crippen molar-refractivity contribution in [3.8, 4) is 11.4 Å². The minimum absolute atomic E-state index is 0.283. The molecule has 0 radical (unpaired) electrons. The van der Waals surface area contributed by atoms with E-state index in [4.69, 9.17) is 0 Å². The molecule has 0 bridgehead atoms. The second-order valence-corrected chi connectivity index (χ2v) is 9.53. The largest absolute Gasteiger partial charge is 0.478 e. The van der Waals surface area contributed by atoms with E-state index in [1.165, 1.54) is 32.3 Å². The Kier molecular flexibility index (Phi) is 6.53. The number of anilines is 1. The zero-order valence-electron chi connectivity index (χ0n) is 17.4. The lowest BCUT2D eigenvalue weighted by Gasteiger charge is -2.12. The van der Waals surface area contributed by atoms with Gasteiger partial charge in [-0.25, -0.2) is 14.8 Å². The number of fused-ring (bicyclic) bond motifs is 1. The van der Waals surface area contributed by atoms with E-state index in [1.807, 2.05) is 30.4 Å². The van der Waals surface area contributed by atoms with Gasteiger partial charge in [0, 0.05) is 32.8 Å². The van der Waals surface area contributed by atoms with Gasteiger partial charge in [-0.15, -0.1) is 23.1 Å². The SMILES string of the molecule is CCSc1c(C(=O)O)cccc1-c1nccc(NCCc2c(C)sc3ccccc23)n1. The normalized spacial score (nSPS) is 11.0. The molecule has 2 heterocycles. The quantitative estimate of drug-likeness (QED) is 0.315. The summed E-state index contributed by atoms with van der Waals surface area (Å²) in [5.41, 5.74) is 2.40. The van der Waals surface area contributed by atoms with Crippen LogP contribution < -0.4 is 5.32 Å². The maximum Gasteiger partial charge on any atom is 0.336 e. The summed E-state index contributed by atoms with van der Waals surface area (Å²) in [4.78, 5) is 22.8. The zero-order chi connectivity index (χ0) is 21.8. The third kappa shape index (κ3) is 4.57. The third-order valence-corrected chi connectivity index (χ3v) is 7.16. The first-order valence-electron chi connectivity index (χ1n) is 10.1. The molecule has 0 amide bonds. The van der Waals surface area contributed by atoms with Gasteiger partial charge in [0.2, 0.25) is 0 Å². The molecule has 2 aromatic carbocycles. The molecule has 0 spiro atoms. The average Bonchev–Trinajstić information content (AvgIpc) is 3.09. The number of carbonyl (C=O) groups is 1. The van der Waals surface area contributed by atoms with Crippen molar-refractivity contribution in [3.05, 3.63) is 70.7 Å². The number of aromatic nitrogens is 2. The molecule has 0 unspecified atom stereocenters. The van der Waals surface area contributed by atoms with Gasteiger partial charge in [-0.1, -0.05) is 37.3 Å². The molecule has 7 heteroatoms.